The van der Waals surface area contributed by atoms with E-state index in [1.54, 1.807) is 18.2 Å². The number of nitrogens with zero attached hydrogens (tertiary/aromatic N) is 2. The minimum Gasteiger partial charge on any atom is -0.478 e. The van der Waals surface area contributed by atoms with E-state index in [9.17, 15) is 18.0 Å². The molecule has 0 aliphatic rings. The van der Waals surface area contributed by atoms with Crippen LogP contribution in [0.25, 0.3) is 22.6 Å². The minimum atomic E-state index is -4.75. The van der Waals surface area contributed by atoms with Crippen molar-refractivity contribution in [3.63, 3.8) is 0 Å². The molecular weight excluding hydrogens is 349 g/mol. The molecule has 0 bridgehead atoms. The maximum Gasteiger partial charge on any atom is 0.573 e. The average Bonchev–Trinajstić information content (AvgIpc) is 2.61. The van der Waals surface area contributed by atoms with Crippen LogP contribution in [0.15, 0.2) is 60.8 Å². The third-order valence-corrected chi connectivity index (χ3v) is 3.41. The Morgan fingerprint density at radius 3 is 2.38 bits per heavy atom. The molecule has 3 rings (SSSR count). The fraction of sp³-hybridized carbons (Fsp3) is 0.0556. The van der Waals surface area contributed by atoms with Crippen molar-refractivity contribution in [1.82, 2.24) is 9.97 Å². The number of rotatable bonds is 4. The molecule has 132 valence electrons. The minimum absolute atomic E-state index is 0.102. The molecule has 5 nitrogen and oxygen atoms in total. The van der Waals surface area contributed by atoms with E-state index in [1.807, 2.05) is 0 Å². The number of hydrogen-bond acceptors (Lipinski definition) is 4. The second kappa shape index (κ2) is 6.83. The van der Waals surface area contributed by atoms with Crippen LogP contribution in [0.1, 0.15) is 10.4 Å². The molecule has 0 aliphatic carbocycles. The summed E-state index contributed by atoms with van der Waals surface area (Å²) in [5.74, 6) is -1.09. The number of carbonyl (C=O) groups is 1. The van der Waals surface area contributed by atoms with Crippen molar-refractivity contribution in [3.8, 4) is 28.4 Å². The number of alkyl halides is 3. The van der Waals surface area contributed by atoms with Crippen molar-refractivity contribution in [1.29, 1.82) is 0 Å². The van der Waals surface area contributed by atoms with Crippen LogP contribution in [-0.4, -0.2) is 27.4 Å². The monoisotopic (exact) mass is 360 g/mol. The van der Waals surface area contributed by atoms with Crippen molar-refractivity contribution >= 4 is 5.97 Å². The molecule has 0 aliphatic heterocycles. The quantitative estimate of drug-likeness (QED) is 0.746. The molecule has 0 fully saturated rings. The van der Waals surface area contributed by atoms with E-state index in [4.69, 9.17) is 5.11 Å². The van der Waals surface area contributed by atoms with Crippen LogP contribution >= 0.6 is 0 Å². The van der Waals surface area contributed by atoms with E-state index in [2.05, 4.69) is 14.7 Å². The van der Waals surface area contributed by atoms with Crippen LogP contribution < -0.4 is 4.74 Å². The first-order valence-electron chi connectivity index (χ1n) is 7.35. The van der Waals surface area contributed by atoms with Crippen molar-refractivity contribution in [2.75, 3.05) is 0 Å². The maximum absolute atomic E-state index is 12.2. The fourth-order valence-electron chi connectivity index (χ4n) is 2.28. The Bertz CT molecular complexity index is 941. The number of carboxylic acids is 1. The van der Waals surface area contributed by atoms with Gasteiger partial charge in [-0.05, 0) is 42.5 Å². The molecule has 0 saturated carbocycles. The van der Waals surface area contributed by atoms with Crippen molar-refractivity contribution < 1.29 is 27.8 Å². The second-order valence-corrected chi connectivity index (χ2v) is 5.22. The summed E-state index contributed by atoms with van der Waals surface area (Å²) in [6.45, 7) is 0. The number of hydrogen-bond donors (Lipinski definition) is 1. The molecule has 0 spiro atoms. The van der Waals surface area contributed by atoms with Gasteiger partial charge in [0.1, 0.15) is 5.75 Å². The Morgan fingerprint density at radius 2 is 1.73 bits per heavy atom. The van der Waals surface area contributed by atoms with Crippen LogP contribution in [0.2, 0.25) is 0 Å². The van der Waals surface area contributed by atoms with Gasteiger partial charge in [0.2, 0.25) is 0 Å². The van der Waals surface area contributed by atoms with E-state index in [0.29, 0.717) is 22.6 Å². The molecule has 26 heavy (non-hydrogen) atoms. The summed E-state index contributed by atoms with van der Waals surface area (Å²) in [5, 5.41) is 9.06. The molecule has 2 aromatic carbocycles. The molecule has 0 atom stereocenters. The molecule has 1 N–H and O–H groups in total. The lowest BCUT2D eigenvalue weighted by atomic mass is 10.1. The smallest absolute Gasteiger partial charge is 0.478 e. The zero-order chi connectivity index (χ0) is 18.7. The number of ether oxygens (including phenoxy) is 1. The SMILES string of the molecule is O=C(O)c1cccc(-c2nccc(-c3ccc(OC(F)(F)F)cc3)n2)c1. The molecule has 3 aromatic rings. The van der Waals surface area contributed by atoms with E-state index >= 15 is 0 Å². The highest BCUT2D eigenvalue weighted by Gasteiger charge is 2.30. The van der Waals surface area contributed by atoms with E-state index in [1.165, 1.54) is 42.6 Å². The predicted octanol–water partition coefficient (Wildman–Crippen LogP) is 4.41. The number of aromatic carboxylic acids is 1. The highest BCUT2D eigenvalue weighted by atomic mass is 19.4. The van der Waals surface area contributed by atoms with Crippen molar-refractivity contribution in [2.45, 2.75) is 6.36 Å². The van der Waals surface area contributed by atoms with Gasteiger partial charge in [-0.3, -0.25) is 0 Å². The number of carboxylic acid groups (broad SMARTS) is 1. The summed E-state index contributed by atoms with van der Waals surface area (Å²) in [4.78, 5) is 19.5. The molecular formula is C18H11F3N2O3. The van der Waals surface area contributed by atoms with Gasteiger partial charge in [-0.25, -0.2) is 14.8 Å². The van der Waals surface area contributed by atoms with Crippen molar-refractivity contribution in [2.24, 2.45) is 0 Å². The highest BCUT2D eigenvalue weighted by molar-refractivity contribution is 5.89. The summed E-state index contributed by atoms with van der Waals surface area (Å²) in [7, 11) is 0. The molecule has 0 unspecified atom stereocenters. The Hall–Kier alpha value is -3.42. The maximum atomic E-state index is 12.2. The summed E-state index contributed by atoms with van der Waals surface area (Å²) in [6, 6.07) is 13.0. The number of benzene rings is 2. The molecule has 0 amide bonds. The largest absolute Gasteiger partial charge is 0.573 e. The Balaban J connectivity index is 1.90. The first-order chi connectivity index (χ1) is 12.3. The van der Waals surface area contributed by atoms with Crippen LogP contribution in [0, 0.1) is 0 Å². The normalized spacial score (nSPS) is 11.2. The highest BCUT2D eigenvalue weighted by Crippen LogP contribution is 2.26. The molecule has 0 saturated heterocycles. The average molecular weight is 360 g/mol. The van der Waals surface area contributed by atoms with E-state index in [-0.39, 0.29) is 11.3 Å². The number of halogens is 3. The van der Waals surface area contributed by atoms with Gasteiger partial charge in [-0.1, -0.05) is 12.1 Å². The van der Waals surface area contributed by atoms with Gasteiger partial charge < -0.3 is 9.84 Å². The van der Waals surface area contributed by atoms with Gasteiger partial charge in [0.25, 0.3) is 0 Å². The van der Waals surface area contributed by atoms with Gasteiger partial charge in [-0.2, -0.15) is 0 Å². The molecule has 1 aromatic heterocycles. The van der Waals surface area contributed by atoms with Crippen molar-refractivity contribution in [3.05, 3.63) is 66.4 Å². The standard InChI is InChI=1S/C18H11F3N2O3/c19-18(20,21)26-14-6-4-11(5-7-14)15-8-9-22-16(23-15)12-2-1-3-13(10-12)17(24)25/h1-10H,(H,24,25). The van der Waals surface area contributed by atoms with Gasteiger partial charge >= 0.3 is 12.3 Å². The zero-order valence-corrected chi connectivity index (χ0v) is 13.1. The summed E-state index contributed by atoms with van der Waals surface area (Å²) >= 11 is 0. The van der Waals surface area contributed by atoms with Crippen LogP contribution in [0.4, 0.5) is 13.2 Å². The van der Waals surface area contributed by atoms with E-state index < -0.39 is 12.3 Å². The predicted molar refractivity (Wildman–Crippen MR) is 86.5 cm³/mol. The lowest BCUT2D eigenvalue weighted by Crippen LogP contribution is -2.16. The Morgan fingerprint density at radius 1 is 1.00 bits per heavy atom. The Labute approximate surface area is 145 Å². The third-order valence-electron chi connectivity index (χ3n) is 3.41. The van der Waals surface area contributed by atoms with Gasteiger partial charge in [0, 0.05) is 17.3 Å². The fourth-order valence-corrected chi connectivity index (χ4v) is 2.28. The van der Waals surface area contributed by atoms with Crippen LogP contribution in [0.3, 0.4) is 0 Å². The third kappa shape index (κ3) is 4.15. The topological polar surface area (TPSA) is 72.3 Å². The van der Waals surface area contributed by atoms with Crippen LogP contribution in [-0.2, 0) is 0 Å². The van der Waals surface area contributed by atoms with Gasteiger partial charge in [0.05, 0.1) is 11.3 Å². The first kappa shape index (κ1) is 17.4. The molecule has 0 radical (unpaired) electrons. The lowest BCUT2D eigenvalue weighted by molar-refractivity contribution is -0.274. The molecule has 1 heterocycles. The van der Waals surface area contributed by atoms with Crippen LogP contribution in [0.5, 0.6) is 5.75 Å². The zero-order valence-electron chi connectivity index (χ0n) is 13.1. The summed E-state index contributed by atoms with van der Waals surface area (Å²) in [5.41, 5.74) is 1.67. The lowest BCUT2D eigenvalue weighted by Gasteiger charge is -2.09. The molecule has 8 heteroatoms. The van der Waals surface area contributed by atoms with E-state index in [0.717, 1.165) is 0 Å². The Kier molecular flexibility index (Phi) is 4.57. The number of aromatic nitrogens is 2. The summed E-state index contributed by atoms with van der Waals surface area (Å²) < 4.78 is 40.5. The summed E-state index contributed by atoms with van der Waals surface area (Å²) in [6.07, 6.45) is -3.26. The second-order valence-electron chi connectivity index (χ2n) is 5.22. The first-order valence-corrected chi connectivity index (χ1v) is 7.35. The van der Waals surface area contributed by atoms with Gasteiger partial charge in [0.15, 0.2) is 5.82 Å². The van der Waals surface area contributed by atoms with Gasteiger partial charge in [-0.15, -0.1) is 13.2 Å².